The van der Waals surface area contributed by atoms with Crippen LogP contribution in [0.15, 0.2) is 103 Å². The number of hydrogen-bond acceptors (Lipinski definition) is 5. The van der Waals surface area contributed by atoms with Crippen molar-refractivity contribution in [3.8, 4) is 34.7 Å². The summed E-state index contributed by atoms with van der Waals surface area (Å²) in [5.74, 6) is 0. The number of aromatic nitrogens is 4. The predicted molar refractivity (Wildman–Crippen MR) is 145 cm³/mol. The Kier molecular flexibility index (Phi) is 6.35. The number of nitrogens with zero attached hydrogens (tertiary/aromatic N) is 7. The highest BCUT2D eigenvalue weighted by Crippen LogP contribution is 2.36. The van der Waals surface area contributed by atoms with E-state index in [1.165, 1.54) is 0 Å². The zero-order chi connectivity index (χ0) is 25.8. The van der Waals surface area contributed by atoms with Crippen LogP contribution in [-0.4, -0.2) is 19.6 Å². The van der Waals surface area contributed by atoms with Gasteiger partial charge >= 0.3 is 0 Å². The maximum Gasteiger partial charge on any atom is 0.130 e. The molecule has 0 saturated heterocycles. The molecule has 7 heteroatoms. The monoisotopic (exact) mass is 481 g/mol. The fraction of sp³-hybridized carbons (Fsp3) is 0.0667. The first-order valence-corrected chi connectivity index (χ1v) is 11.7. The van der Waals surface area contributed by atoms with Gasteiger partial charge in [-0.15, -0.1) is 0 Å². The third kappa shape index (κ3) is 5.02. The molecule has 178 valence electrons. The Hall–Kier alpha value is -5.40. The molecule has 5 aromatic rings. The summed E-state index contributed by atoms with van der Waals surface area (Å²) >= 11 is 0. The van der Waals surface area contributed by atoms with E-state index in [0.717, 1.165) is 45.1 Å². The van der Waals surface area contributed by atoms with Crippen LogP contribution in [0.4, 0.5) is 17.1 Å². The van der Waals surface area contributed by atoms with Crippen LogP contribution in [0.3, 0.4) is 0 Å². The van der Waals surface area contributed by atoms with Gasteiger partial charge in [-0.3, -0.25) is 9.36 Å². The lowest BCUT2D eigenvalue weighted by Gasteiger charge is -2.26. The third-order valence-electron chi connectivity index (χ3n) is 5.97. The summed E-state index contributed by atoms with van der Waals surface area (Å²) < 4.78 is 3.58. The topological polar surface area (TPSA) is 86.5 Å². The van der Waals surface area contributed by atoms with Gasteiger partial charge in [0.15, 0.2) is 0 Å². The van der Waals surface area contributed by atoms with Gasteiger partial charge in [-0.25, -0.2) is 0 Å². The molecule has 0 bridgehead atoms. The maximum atomic E-state index is 9.08. The first-order valence-electron chi connectivity index (χ1n) is 11.7. The highest BCUT2D eigenvalue weighted by Gasteiger charge is 2.14. The summed E-state index contributed by atoms with van der Waals surface area (Å²) in [7, 11) is 3.81. The number of aryl methyl sites for hydroxylation is 2. The van der Waals surface area contributed by atoms with Gasteiger partial charge in [-0.2, -0.15) is 20.7 Å². The zero-order valence-corrected chi connectivity index (χ0v) is 20.4. The molecule has 0 amide bonds. The number of hydrogen-bond donors (Lipinski definition) is 0. The smallest absolute Gasteiger partial charge is 0.130 e. The molecule has 3 aromatic carbocycles. The molecule has 37 heavy (non-hydrogen) atoms. The van der Waals surface area contributed by atoms with E-state index in [0.29, 0.717) is 0 Å². The second-order valence-corrected chi connectivity index (χ2v) is 8.55. The Balaban J connectivity index is 1.53. The van der Waals surface area contributed by atoms with Crippen molar-refractivity contribution in [2.45, 2.75) is 0 Å². The molecule has 0 aliphatic heterocycles. The minimum atomic E-state index is 0.0693. The van der Waals surface area contributed by atoms with Gasteiger partial charge < -0.3 is 4.90 Å². The number of nitriles is 2. The molecule has 7 nitrogen and oxygen atoms in total. The van der Waals surface area contributed by atoms with Crippen molar-refractivity contribution in [3.63, 3.8) is 0 Å². The Morgan fingerprint density at radius 3 is 1.41 bits per heavy atom. The Morgan fingerprint density at radius 1 is 0.649 bits per heavy atom. The summed E-state index contributed by atoms with van der Waals surface area (Å²) in [5.41, 5.74) is 7.70. The number of benzene rings is 3. The summed E-state index contributed by atoms with van der Waals surface area (Å²) in [4.78, 5) is 2.16. The zero-order valence-electron chi connectivity index (χ0n) is 20.4. The summed E-state index contributed by atoms with van der Waals surface area (Å²) in [6.45, 7) is 0. The fourth-order valence-electron chi connectivity index (χ4n) is 4.12. The molecule has 0 radical (unpaired) electrons. The first kappa shape index (κ1) is 23.3. The lowest BCUT2D eigenvalue weighted by atomic mass is 10.1. The van der Waals surface area contributed by atoms with E-state index in [4.69, 9.17) is 10.5 Å². The first-order chi connectivity index (χ1) is 18.0. The maximum absolute atomic E-state index is 9.08. The molecule has 0 aliphatic rings. The van der Waals surface area contributed by atoms with Crippen LogP contribution >= 0.6 is 0 Å². The number of rotatable bonds is 6. The van der Waals surface area contributed by atoms with Crippen molar-refractivity contribution in [2.24, 2.45) is 14.1 Å². The molecule has 2 heterocycles. The van der Waals surface area contributed by atoms with Crippen molar-refractivity contribution in [3.05, 3.63) is 108 Å². The van der Waals surface area contributed by atoms with Crippen molar-refractivity contribution in [2.75, 3.05) is 4.90 Å². The van der Waals surface area contributed by atoms with Gasteiger partial charge in [0.1, 0.15) is 17.7 Å². The summed E-state index contributed by atoms with van der Waals surface area (Å²) in [6, 6.07) is 32.1. The van der Waals surface area contributed by atoms with E-state index in [9.17, 15) is 0 Å². The Bertz CT molecular complexity index is 1540. The number of anilines is 3. The molecule has 2 aromatic heterocycles. The molecule has 5 rings (SSSR count). The molecular formula is C30H23N7. The second kappa shape index (κ2) is 10.1. The van der Waals surface area contributed by atoms with Crippen molar-refractivity contribution in [1.29, 1.82) is 10.5 Å². The van der Waals surface area contributed by atoms with Gasteiger partial charge in [0.2, 0.25) is 0 Å². The van der Waals surface area contributed by atoms with Gasteiger partial charge in [0.05, 0.1) is 11.4 Å². The van der Waals surface area contributed by atoms with Crippen LogP contribution in [0.5, 0.6) is 0 Å². The van der Waals surface area contributed by atoms with Gasteiger partial charge in [0.25, 0.3) is 0 Å². The quantitative estimate of drug-likeness (QED) is 0.262. The third-order valence-corrected chi connectivity index (χ3v) is 5.97. The highest BCUT2D eigenvalue weighted by molar-refractivity contribution is 5.79. The van der Waals surface area contributed by atoms with E-state index >= 15 is 0 Å². The van der Waals surface area contributed by atoms with Crippen LogP contribution in [0.25, 0.3) is 28.6 Å². The summed E-state index contributed by atoms with van der Waals surface area (Å²) in [6.07, 6.45) is 5.44. The number of allylic oxidation sites excluding steroid dienone is 1. The average Bonchev–Trinajstić information content (AvgIpc) is 3.57. The molecule has 0 fully saturated rings. The Labute approximate surface area is 215 Å². The van der Waals surface area contributed by atoms with Gasteiger partial charge in [-0.1, -0.05) is 36.4 Å². The molecule has 0 unspecified atom stereocenters. The molecule has 0 spiro atoms. The average molecular weight is 482 g/mol. The molecule has 0 saturated carbocycles. The minimum absolute atomic E-state index is 0.0693. The predicted octanol–water partition coefficient (Wildman–Crippen LogP) is 6.39. The fourth-order valence-corrected chi connectivity index (χ4v) is 4.12. The van der Waals surface area contributed by atoms with Crippen LogP contribution in [-0.2, 0) is 14.1 Å². The van der Waals surface area contributed by atoms with E-state index in [1.54, 1.807) is 15.4 Å². The lowest BCUT2D eigenvalue weighted by Crippen LogP contribution is -2.09. The normalized spacial score (nSPS) is 10.4. The highest BCUT2D eigenvalue weighted by atomic mass is 15.3. The van der Waals surface area contributed by atoms with Gasteiger partial charge in [0, 0.05) is 54.7 Å². The standard InChI is InChI=1S/C30H23N7/c1-35-17-15-29(33-35)24-5-11-27(12-6-24)37(26-9-3-22(4-10-26)19-23(20-31)21-32)28-13-7-25(8-14-28)30-16-18-36(2)34-30/h3-19H,1-2H3. The minimum Gasteiger partial charge on any atom is -0.311 e. The van der Waals surface area contributed by atoms with Gasteiger partial charge in [-0.05, 0) is 60.2 Å². The van der Waals surface area contributed by atoms with Crippen LogP contribution in [0.1, 0.15) is 5.56 Å². The Morgan fingerprint density at radius 2 is 1.05 bits per heavy atom. The molecule has 0 aliphatic carbocycles. The SMILES string of the molecule is Cn1ccc(-c2ccc(N(c3ccc(C=C(C#N)C#N)cc3)c3ccc(-c4ccn(C)n4)cc3)cc2)n1. The van der Waals surface area contributed by atoms with Crippen LogP contribution in [0.2, 0.25) is 0 Å². The van der Waals surface area contributed by atoms with E-state index in [-0.39, 0.29) is 5.57 Å². The summed E-state index contributed by atoms with van der Waals surface area (Å²) in [5, 5.41) is 27.2. The van der Waals surface area contributed by atoms with Crippen molar-refractivity contribution in [1.82, 2.24) is 19.6 Å². The van der Waals surface area contributed by atoms with Crippen molar-refractivity contribution >= 4 is 23.1 Å². The molecule has 0 atom stereocenters. The second-order valence-electron chi connectivity index (χ2n) is 8.55. The molecule has 0 N–H and O–H groups in total. The van der Waals surface area contributed by atoms with E-state index in [1.807, 2.05) is 75.0 Å². The van der Waals surface area contributed by atoms with Crippen LogP contribution < -0.4 is 4.90 Å². The van der Waals surface area contributed by atoms with E-state index in [2.05, 4.69) is 63.6 Å². The van der Waals surface area contributed by atoms with Crippen LogP contribution in [0, 0.1) is 22.7 Å². The lowest BCUT2D eigenvalue weighted by molar-refractivity contribution is 0.771. The van der Waals surface area contributed by atoms with E-state index < -0.39 is 0 Å². The largest absolute Gasteiger partial charge is 0.311 e. The molecular weight excluding hydrogens is 458 g/mol. The van der Waals surface area contributed by atoms with Crippen molar-refractivity contribution < 1.29 is 0 Å².